The normalized spacial score (nSPS) is 18.4. The van der Waals surface area contributed by atoms with Crippen molar-refractivity contribution >= 4 is 0 Å². The van der Waals surface area contributed by atoms with Crippen LogP contribution in [0.25, 0.3) is 0 Å². The number of hydrogen-bond donors (Lipinski definition) is 0. The van der Waals surface area contributed by atoms with E-state index in [-0.39, 0.29) is 18.0 Å². The predicted molar refractivity (Wildman–Crippen MR) is 72.7 cm³/mol. The van der Waals surface area contributed by atoms with Crippen LogP contribution in [0.1, 0.15) is 6.92 Å². The molecule has 1 heterocycles. The van der Waals surface area contributed by atoms with Crippen molar-refractivity contribution in [3.63, 3.8) is 0 Å². The molecule has 3 rings (SSSR count). The summed E-state index contributed by atoms with van der Waals surface area (Å²) in [6.07, 6.45) is 0.268. The number of ether oxygens (including phenoxy) is 3. The molecule has 2 unspecified atom stereocenters. The smallest absolute Gasteiger partial charge is 0.127 e. The molecule has 0 aliphatic carbocycles. The summed E-state index contributed by atoms with van der Waals surface area (Å²) in [5.41, 5.74) is 0. The molecule has 0 aromatic heterocycles. The highest BCUT2D eigenvalue weighted by Crippen LogP contribution is 2.26. The van der Waals surface area contributed by atoms with Crippen LogP contribution in [0.2, 0.25) is 0 Å². The molecular weight excluding hydrogens is 259 g/mol. The molecule has 1 aliphatic heterocycles. The minimum atomic E-state index is -0.280. The first-order valence-electron chi connectivity index (χ1n) is 6.52. The summed E-state index contributed by atoms with van der Waals surface area (Å²) in [6.45, 7) is 2.76. The second kappa shape index (κ2) is 5.51. The Morgan fingerprint density at radius 3 is 2.05 bits per heavy atom. The largest absolute Gasteiger partial charge is 0.488 e. The van der Waals surface area contributed by atoms with Crippen LogP contribution in [0.4, 0.5) is 4.39 Å². The molecule has 2 atom stereocenters. The van der Waals surface area contributed by atoms with Crippen molar-refractivity contribution in [2.75, 3.05) is 6.61 Å². The van der Waals surface area contributed by atoms with Gasteiger partial charge in [0.1, 0.15) is 35.3 Å². The molecule has 2 aromatic rings. The van der Waals surface area contributed by atoms with E-state index < -0.39 is 0 Å². The van der Waals surface area contributed by atoms with Crippen LogP contribution in [0, 0.1) is 5.82 Å². The Hall–Kier alpha value is -2.07. The summed E-state index contributed by atoms with van der Waals surface area (Å²) < 4.78 is 29.3. The zero-order chi connectivity index (χ0) is 13.9. The van der Waals surface area contributed by atoms with Crippen LogP contribution < -0.4 is 9.47 Å². The van der Waals surface area contributed by atoms with E-state index in [4.69, 9.17) is 14.2 Å². The van der Waals surface area contributed by atoms with Crippen LogP contribution in [0.15, 0.2) is 48.5 Å². The third-order valence-electron chi connectivity index (χ3n) is 3.08. The van der Waals surface area contributed by atoms with Crippen LogP contribution in [0.3, 0.4) is 0 Å². The average Bonchev–Trinajstić information content (AvgIpc) is 3.28. The van der Waals surface area contributed by atoms with E-state index in [1.165, 1.54) is 12.1 Å². The Bertz CT molecular complexity index is 561. The van der Waals surface area contributed by atoms with Crippen LogP contribution in [-0.2, 0) is 4.74 Å². The van der Waals surface area contributed by atoms with E-state index >= 15 is 0 Å². The SMILES string of the molecule is CC(Oc1ccc(Oc2ccc(F)cc2)cc1)C1CO1. The van der Waals surface area contributed by atoms with Gasteiger partial charge >= 0.3 is 0 Å². The van der Waals surface area contributed by atoms with E-state index in [9.17, 15) is 4.39 Å². The minimum Gasteiger partial charge on any atom is -0.488 e. The molecule has 0 bridgehead atoms. The summed E-state index contributed by atoms with van der Waals surface area (Å²) >= 11 is 0. The molecule has 0 spiro atoms. The van der Waals surface area contributed by atoms with Gasteiger partial charge in [-0.1, -0.05) is 0 Å². The number of benzene rings is 2. The highest BCUT2D eigenvalue weighted by atomic mass is 19.1. The van der Waals surface area contributed by atoms with Gasteiger partial charge in [-0.25, -0.2) is 4.39 Å². The zero-order valence-corrected chi connectivity index (χ0v) is 11.1. The molecule has 1 fully saturated rings. The topological polar surface area (TPSA) is 31.0 Å². The third-order valence-corrected chi connectivity index (χ3v) is 3.08. The fourth-order valence-electron chi connectivity index (χ4n) is 1.84. The molecule has 3 nitrogen and oxygen atoms in total. The number of hydrogen-bond acceptors (Lipinski definition) is 3. The summed E-state index contributed by atoms with van der Waals surface area (Å²) in [5.74, 6) is 1.77. The van der Waals surface area contributed by atoms with Crippen molar-refractivity contribution in [2.24, 2.45) is 0 Å². The Balaban J connectivity index is 1.61. The van der Waals surface area contributed by atoms with E-state index in [0.29, 0.717) is 11.5 Å². The molecule has 104 valence electrons. The van der Waals surface area contributed by atoms with Crippen molar-refractivity contribution < 1.29 is 18.6 Å². The first kappa shape index (κ1) is 12.9. The van der Waals surface area contributed by atoms with Crippen molar-refractivity contribution in [1.29, 1.82) is 0 Å². The van der Waals surface area contributed by atoms with Crippen molar-refractivity contribution in [3.8, 4) is 17.2 Å². The van der Waals surface area contributed by atoms with E-state index in [2.05, 4.69) is 0 Å². The van der Waals surface area contributed by atoms with Crippen molar-refractivity contribution in [2.45, 2.75) is 19.1 Å². The Morgan fingerprint density at radius 2 is 1.50 bits per heavy atom. The fourth-order valence-corrected chi connectivity index (χ4v) is 1.84. The van der Waals surface area contributed by atoms with Crippen LogP contribution in [-0.4, -0.2) is 18.8 Å². The van der Waals surface area contributed by atoms with Crippen LogP contribution >= 0.6 is 0 Å². The summed E-state index contributed by atoms with van der Waals surface area (Å²) in [7, 11) is 0. The molecule has 0 N–H and O–H groups in total. The van der Waals surface area contributed by atoms with Crippen LogP contribution in [0.5, 0.6) is 17.2 Å². The lowest BCUT2D eigenvalue weighted by molar-refractivity contribution is 0.176. The lowest BCUT2D eigenvalue weighted by atomic mass is 10.3. The maximum absolute atomic E-state index is 12.8. The monoisotopic (exact) mass is 274 g/mol. The van der Waals surface area contributed by atoms with Crippen molar-refractivity contribution in [3.05, 3.63) is 54.3 Å². The Labute approximate surface area is 116 Å². The zero-order valence-electron chi connectivity index (χ0n) is 11.1. The van der Waals surface area contributed by atoms with Gasteiger partial charge in [0, 0.05) is 0 Å². The molecule has 0 saturated carbocycles. The second-order valence-corrected chi connectivity index (χ2v) is 4.72. The molecule has 2 aromatic carbocycles. The van der Waals surface area contributed by atoms with Gasteiger partial charge in [-0.3, -0.25) is 0 Å². The van der Waals surface area contributed by atoms with Gasteiger partial charge in [0.2, 0.25) is 0 Å². The van der Waals surface area contributed by atoms with E-state index in [1.807, 2.05) is 31.2 Å². The highest BCUT2D eigenvalue weighted by Gasteiger charge is 2.30. The molecule has 1 aliphatic rings. The molecular formula is C16H15FO3. The molecule has 0 radical (unpaired) electrons. The molecule has 20 heavy (non-hydrogen) atoms. The minimum absolute atomic E-state index is 0.0545. The second-order valence-electron chi connectivity index (χ2n) is 4.72. The quantitative estimate of drug-likeness (QED) is 0.777. The van der Waals surface area contributed by atoms with E-state index in [1.54, 1.807) is 12.1 Å². The van der Waals surface area contributed by atoms with E-state index in [0.717, 1.165) is 12.4 Å². The number of epoxide rings is 1. The maximum Gasteiger partial charge on any atom is 0.127 e. The summed E-state index contributed by atoms with van der Waals surface area (Å²) in [4.78, 5) is 0. The molecule has 1 saturated heterocycles. The average molecular weight is 274 g/mol. The maximum atomic E-state index is 12.8. The van der Waals surface area contributed by atoms with Gasteiger partial charge in [0.15, 0.2) is 0 Å². The highest BCUT2D eigenvalue weighted by molar-refractivity contribution is 5.35. The predicted octanol–water partition coefficient (Wildman–Crippen LogP) is 3.78. The van der Waals surface area contributed by atoms with Gasteiger partial charge < -0.3 is 14.2 Å². The lowest BCUT2D eigenvalue weighted by Crippen LogP contribution is -2.18. The first-order valence-corrected chi connectivity index (χ1v) is 6.52. The summed E-state index contributed by atoms with van der Waals surface area (Å²) in [6, 6.07) is 13.2. The Morgan fingerprint density at radius 1 is 1.00 bits per heavy atom. The third kappa shape index (κ3) is 3.27. The van der Waals surface area contributed by atoms with Crippen molar-refractivity contribution in [1.82, 2.24) is 0 Å². The molecule has 0 amide bonds. The van der Waals surface area contributed by atoms with Gasteiger partial charge in [-0.15, -0.1) is 0 Å². The van der Waals surface area contributed by atoms with Gasteiger partial charge in [-0.2, -0.15) is 0 Å². The van der Waals surface area contributed by atoms with Gasteiger partial charge in [-0.05, 0) is 55.5 Å². The fraction of sp³-hybridized carbons (Fsp3) is 0.250. The van der Waals surface area contributed by atoms with Gasteiger partial charge in [0.25, 0.3) is 0 Å². The molecule has 4 heteroatoms. The first-order chi connectivity index (χ1) is 9.70. The summed E-state index contributed by atoms with van der Waals surface area (Å²) in [5, 5.41) is 0. The standard InChI is InChI=1S/C16H15FO3/c1-11(16-10-18-16)19-13-6-8-15(9-7-13)20-14-4-2-12(17)3-5-14/h2-9,11,16H,10H2,1H3. The van der Waals surface area contributed by atoms with Gasteiger partial charge in [0.05, 0.1) is 6.61 Å². The number of halogens is 1. The number of rotatable bonds is 5. The Kier molecular flexibility index (Phi) is 3.56. The lowest BCUT2D eigenvalue weighted by Gasteiger charge is -2.12.